The van der Waals surface area contributed by atoms with Gasteiger partial charge >= 0.3 is 0 Å². The van der Waals surface area contributed by atoms with Crippen molar-refractivity contribution in [2.75, 3.05) is 19.8 Å². The summed E-state index contributed by atoms with van der Waals surface area (Å²) in [6.45, 7) is 12.2. The third-order valence-corrected chi connectivity index (χ3v) is 7.73. The van der Waals surface area contributed by atoms with Crippen molar-refractivity contribution in [3.05, 3.63) is 29.8 Å². The lowest BCUT2D eigenvalue weighted by atomic mass is 10.1. The Morgan fingerprint density at radius 1 is 1.03 bits per heavy atom. The van der Waals surface area contributed by atoms with Crippen LogP contribution >= 0.6 is 21.6 Å². The molecule has 0 heterocycles. The average Bonchev–Trinajstić information content (AvgIpc) is 2.78. The zero-order valence-electron chi connectivity index (χ0n) is 20.9. The summed E-state index contributed by atoms with van der Waals surface area (Å²) in [5.74, 6) is 7.24. The van der Waals surface area contributed by atoms with E-state index in [4.69, 9.17) is 4.74 Å². The van der Waals surface area contributed by atoms with Crippen LogP contribution < -0.4 is 5.32 Å². The van der Waals surface area contributed by atoms with Crippen molar-refractivity contribution in [3.63, 3.8) is 0 Å². The van der Waals surface area contributed by atoms with E-state index in [2.05, 4.69) is 37.9 Å². The molecule has 0 aliphatic rings. The molecule has 6 heteroatoms. The van der Waals surface area contributed by atoms with Gasteiger partial charge in [-0.1, -0.05) is 56.2 Å². The Bertz CT molecular complexity index is 751. The second-order valence-corrected chi connectivity index (χ2v) is 11.7. The predicted molar refractivity (Wildman–Crippen MR) is 143 cm³/mol. The first-order valence-electron chi connectivity index (χ1n) is 12.1. The fraction of sp³-hybridized carbons (Fsp3) is 0.630. The quantitative estimate of drug-likeness (QED) is 0.157. The lowest BCUT2D eigenvalue weighted by Gasteiger charge is -2.11. The first kappa shape index (κ1) is 29.6. The smallest absolute Gasteiger partial charge is 0.251 e. The number of ether oxygens (including phenoxy) is 1. The third-order valence-electron chi connectivity index (χ3n) is 4.75. The molecule has 0 aromatic heterocycles. The summed E-state index contributed by atoms with van der Waals surface area (Å²) < 4.78 is 5.52. The Labute approximate surface area is 209 Å². The molecule has 0 saturated heterocycles. The van der Waals surface area contributed by atoms with Crippen LogP contribution in [0.4, 0.5) is 0 Å². The van der Waals surface area contributed by atoms with Gasteiger partial charge in [0.05, 0.1) is 0 Å². The number of carbonyl (C=O) groups is 2. The number of carbonyl (C=O) groups excluding carboxylic acids is 2. The summed E-state index contributed by atoms with van der Waals surface area (Å²) >= 11 is 0. The lowest BCUT2D eigenvalue weighted by Crippen LogP contribution is -2.24. The van der Waals surface area contributed by atoms with E-state index in [9.17, 15) is 9.59 Å². The van der Waals surface area contributed by atoms with Crippen LogP contribution in [0.25, 0.3) is 0 Å². The summed E-state index contributed by atoms with van der Waals surface area (Å²) in [5, 5.41) is 3.47. The Morgan fingerprint density at radius 2 is 1.76 bits per heavy atom. The minimum absolute atomic E-state index is 0.00158. The van der Waals surface area contributed by atoms with Crippen LogP contribution in [0.15, 0.2) is 29.2 Å². The molecule has 0 saturated carbocycles. The second-order valence-electron chi connectivity index (χ2n) is 9.02. The molecular weight excluding hydrogens is 450 g/mol. The molecule has 184 valence electrons. The van der Waals surface area contributed by atoms with Gasteiger partial charge in [0.2, 0.25) is 0 Å². The van der Waals surface area contributed by atoms with Crippen molar-refractivity contribution in [1.29, 1.82) is 0 Å². The maximum Gasteiger partial charge on any atom is 0.251 e. The predicted octanol–water partition coefficient (Wildman–Crippen LogP) is 6.79. The minimum atomic E-state index is -0.00158. The van der Waals surface area contributed by atoms with Gasteiger partial charge in [-0.25, -0.2) is 0 Å². The Morgan fingerprint density at radius 3 is 2.42 bits per heavy atom. The number of Topliss-reactive ketones (excluding diaryl/α,β-unsaturated/α-hetero) is 1. The maximum absolute atomic E-state index is 12.2. The topological polar surface area (TPSA) is 55.4 Å². The molecule has 0 fully saturated rings. The molecule has 4 nitrogen and oxygen atoms in total. The fourth-order valence-electron chi connectivity index (χ4n) is 2.87. The largest absolute Gasteiger partial charge is 0.374 e. The van der Waals surface area contributed by atoms with Crippen LogP contribution in [0.3, 0.4) is 0 Å². The van der Waals surface area contributed by atoms with E-state index in [1.807, 2.05) is 48.9 Å². The van der Waals surface area contributed by atoms with Gasteiger partial charge in [0.25, 0.3) is 5.91 Å². The standard InChI is InChI=1S/C27H41NO3S2/c1-21(2)10-6-7-13-25(29)20-31-19-9-12-23(5)32-33-26-16-14-24(15-17-26)27(30)28-18-8-11-22(3)4/h14-17,21-23H,7-9,11-13,18-20H2,1-5H3,(H,28,30). The Balaban J connectivity index is 2.14. The molecular formula is C27H41NO3S2. The number of rotatable bonds is 16. The molecule has 0 aliphatic carbocycles. The van der Waals surface area contributed by atoms with E-state index < -0.39 is 0 Å². The summed E-state index contributed by atoms with van der Waals surface area (Å²) in [5.41, 5.74) is 0.709. The van der Waals surface area contributed by atoms with E-state index in [1.54, 1.807) is 10.8 Å². The highest BCUT2D eigenvalue weighted by molar-refractivity contribution is 8.76. The monoisotopic (exact) mass is 491 g/mol. The molecule has 1 N–H and O–H groups in total. The maximum atomic E-state index is 12.2. The van der Waals surface area contributed by atoms with Crippen molar-refractivity contribution in [2.24, 2.45) is 11.8 Å². The van der Waals surface area contributed by atoms with Crippen LogP contribution in [-0.2, 0) is 9.53 Å². The molecule has 0 radical (unpaired) electrons. The number of hydrogen-bond acceptors (Lipinski definition) is 5. The van der Waals surface area contributed by atoms with Gasteiger partial charge in [-0.2, -0.15) is 0 Å². The van der Waals surface area contributed by atoms with Crippen LogP contribution in [0.2, 0.25) is 0 Å². The second kappa shape index (κ2) is 18.0. The van der Waals surface area contributed by atoms with E-state index in [0.29, 0.717) is 42.1 Å². The third kappa shape index (κ3) is 15.9. The van der Waals surface area contributed by atoms with Crippen molar-refractivity contribution in [1.82, 2.24) is 5.32 Å². The van der Waals surface area contributed by atoms with Crippen LogP contribution in [0.1, 0.15) is 83.5 Å². The zero-order chi connectivity index (χ0) is 24.5. The lowest BCUT2D eigenvalue weighted by molar-refractivity contribution is -0.123. The molecule has 0 bridgehead atoms. The van der Waals surface area contributed by atoms with Gasteiger partial charge in [0.15, 0.2) is 5.78 Å². The molecule has 1 rings (SSSR count). The van der Waals surface area contributed by atoms with E-state index in [0.717, 1.165) is 37.1 Å². The molecule has 1 atom stereocenters. The molecule has 1 amide bonds. The van der Waals surface area contributed by atoms with Crippen LogP contribution in [0, 0.1) is 23.7 Å². The summed E-state index contributed by atoms with van der Waals surface area (Å²) in [6.07, 6.45) is 5.20. The fourth-order valence-corrected chi connectivity index (χ4v) is 5.10. The summed E-state index contributed by atoms with van der Waals surface area (Å²) in [4.78, 5) is 25.1. The van der Waals surface area contributed by atoms with Gasteiger partial charge in [0.1, 0.15) is 6.61 Å². The minimum Gasteiger partial charge on any atom is -0.374 e. The average molecular weight is 492 g/mol. The van der Waals surface area contributed by atoms with E-state index >= 15 is 0 Å². The van der Waals surface area contributed by atoms with Crippen molar-refractivity contribution in [3.8, 4) is 11.8 Å². The summed E-state index contributed by atoms with van der Waals surface area (Å²) in [6, 6.07) is 7.80. The first-order chi connectivity index (χ1) is 15.8. The molecule has 33 heavy (non-hydrogen) atoms. The molecule has 1 aromatic carbocycles. The van der Waals surface area contributed by atoms with Gasteiger partial charge in [-0.15, -0.1) is 11.8 Å². The van der Waals surface area contributed by atoms with Crippen LogP contribution in [0.5, 0.6) is 0 Å². The first-order valence-corrected chi connectivity index (χ1v) is 14.3. The van der Waals surface area contributed by atoms with E-state index in [-0.39, 0.29) is 18.3 Å². The number of hydrogen-bond donors (Lipinski definition) is 1. The van der Waals surface area contributed by atoms with Crippen molar-refractivity contribution in [2.45, 2.75) is 83.3 Å². The Kier molecular flexibility index (Phi) is 16.1. The van der Waals surface area contributed by atoms with Gasteiger partial charge < -0.3 is 10.1 Å². The normalized spacial score (nSPS) is 11.8. The van der Waals surface area contributed by atoms with Gasteiger partial charge in [0, 0.05) is 47.6 Å². The number of benzene rings is 1. The molecule has 0 aliphatic heterocycles. The Hall–Kier alpha value is -1.42. The zero-order valence-corrected chi connectivity index (χ0v) is 22.6. The highest BCUT2D eigenvalue weighted by Crippen LogP contribution is 2.36. The van der Waals surface area contributed by atoms with Gasteiger partial charge in [-0.3, -0.25) is 9.59 Å². The highest BCUT2D eigenvalue weighted by Gasteiger charge is 2.08. The number of ketones is 1. The molecule has 0 spiro atoms. The van der Waals surface area contributed by atoms with Gasteiger partial charge in [-0.05, 0) is 55.9 Å². The molecule has 1 unspecified atom stereocenters. The molecule has 1 aromatic rings. The number of nitrogens with one attached hydrogen (secondary N) is 1. The highest BCUT2D eigenvalue weighted by atomic mass is 33.1. The summed E-state index contributed by atoms with van der Waals surface area (Å²) in [7, 11) is 3.55. The number of amides is 1. The SMILES string of the molecule is CC(C)C#CCCC(=O)COCCCC(C)SSc1ccc(C(=O)NCCCC(C)C)cc1. The van der Waals surface area contributed by atoms with E-state index in [1.165, 1.54) is 0 Å². The van der Waals surface area contributed by atoms with Crippen LogP contribution in [-0.4, -0.2) is 36.7 Å². The van der Waals surface area contributed by atoms with Crippen molar-refractivity contribution < 1.29 is 14.3 Å². The van der Waals surface area contributed by atoms with Crippen molar-refractivity contribution >= 4 is 33.3 Å².